The van der Waals surface area contributed by atoms with E-state index in [2.05, 4.69) is 23.9 Å². The van der Waals surface area contributed by atoms with Crippen LogP contribution in [0.5, 0.6) is 0 Å². The number of alkyl halides is 3. The molecular formula is C13H24F3NO. The zero-order valence-electron chi connectivity index (χ0n) is 11.3. The van der Waals surface area contributed by atoms with Crippen LogP contribution in [-0.4, -0.2) is 32.0 Å². The quantitative estimate of drug-likeness (QED) is 0.608. The molecule has 18 heavy (non-hydrogen) atoms. The molecule has 0 radical (unpaired) electrons. The van der Waals surface area contributed by atoms with Crippen LogP contribution in [0.1, 0.15) is 46.0 Å². The Balaban J connectivity index is 2.09. The van der Waals surface area contributed by atoms with Crippen LogP contribution in [0.25, 0.3) is 0 Å². The third-order valence-corrected chi connectivity index (χ3v) is 3.52. The van der Waals surface area contributed by atoms with Crippen molar-refractivity contribution in [1.29, 1.82) is 0 Å². The van der Waals surface area contributed by atoms with E-state index < -0.39 is 12.8 Å². The van der Waals surface area contributed by atoms with E-state index in [1.807, 2.05) is 0 Å². The second-order valence-corrected chi connectivity index (χ2v) is 5.91. The van der Waals surface area contributed by atoms with E-state index in [9.17, 15) is 13.2 Å². The Morgan fingerprint density at radius 1 is 1.22 bits per heavy atom. The van der Waals surface area contributed by atoms with Gasteiger partial charge in [-0.1, -0.05) is 20.3 Å². The highest BCUT2D eigenvalue weighted by Gasteiger charge is 2.27. The van der Waals surface area contributed by atoms with Gasteiger partial charge in [0.2, 0.25) is 0 Å². The van der Waals surface area contributed by atoms with Crippen LogP contribution in [0.15, 0.2) is 0 Å². The Labute approximate surface area is 107 Å². The van der Waals surface area contributed by atoms with Crippen molar-refractivity contribution in [3.05, 3.63) is 0 Å². The van der Waals surface area contributed by atoms with Crippen LogP contribution in [0.4, 0.5) is 13.2 Å². The van der Waals surface area contributed by atoms with Gasteiger partial charge in [0, 0.05) is 12.6 Å². The maximum atomic E-state index is 11.8. The van der Waals surface area contributed by atoms with Crippen molar-refractivity contribution < 1.29 is 17.9 Å². The number of hydrogen-bond donors (Lipinski definition) is 1. The highest BCUT2D eigenvalue weighted by Crippen LogP contribution is 2.33. The smallest absolute Gasteiger partial charge is 0.371 e. The Morgan fingerprint density at radius 2 is 1.94 bits per heavy atom. The van der Waals surface area contributed by atoms with Gasteiger partial charge in [-0.2, -0.15) is 13.2 Å². The highest BCUT2D eigenvalue weighted by atomic mass is 19.4. The van der Waals surface area contributed by atoms with Gasteiger partial charge in [0.1, 0.15) is 6.61 Å². The highest BCUT2D eigenvalue weighted by molar-refractivity contribution is 4.79. The molecule has 1 rings (SSSR count). The lowest BCUT2D eigenvalue weighted by molar-refractivity contribution is -0.173. The topological polar surface area (TPSA) is 21.3 Å². The van der Waals surface area contributed by atoms with E-state index in [1.165, 1.54) is 19.3 Å². The van der Waals surface area contributed by atoms with E-state index in [-0.39, 0.29) is 6.61 Å². The van der Waals surface area contributed by atoms with Crippen molar-refractivity contribution in [3.63, 3.8) is 0 Å². The van der Waals surface area contributed by atoms with Crippen LogP contribution in [0, 0.1) is 5.41 Å². The van der Waals surface area contributed by atoms with Crippen molar-refractivity contribution in [2.45, 2.75) is 58.2 Å². The molecule has 1 atom stereocenters. The first-order valence-electron chi connectivity index (χ1n) is 6.66. The molecule has 2 nitrogen and oxygen atoms in total. The van der Waals surface area contributed by atoms with E-state index in [0.29, 0.717) is 18.0 Å². The molecule has 0 aromatic carbocycles. The number of halogens is 3. The fourth-order valence-corrected chi connectivity index (χ4v) is 2.39. The van der Waals surface area contributed by atoms with Gasteiger partial charge < -0.3 is 10.1 Å². The van der Waals surface area contributed by atoms with Gasteiger partial charge >= 0.3 is 6.18 Å². The number of nitrogens with one attached hydrogen (secondary N) is 1. The zero-order chi connectivity index (χ0) is 13.6. The third-order valence-electron chi connectivity index (χ3n) is 3.52. The molecule has 1 aliphatic carbocycles. The minimum atomic E-state index is -4.22. The van der Waals surface area contributed by atoms with Gasteiger partial charge in [-0.15, -0.1) is 0 Å². The molecule has 0 aromatic rings. The second kappa shape index (κ2) is 6.75. The summed E-state index contributed by atoms with van der Waals surface area (Å²) in [5.41, 5.74) is 0.406. The summed E-state index contributed by atoms with van der Waals surface area (Å²) >= 11 is 0. The van der Waals surface area contributed by atoms with Gasteiger partial charge in [-0.3, -0.25) is 0 Å². The molecule has 1 fully saturated rings. The monoisotopic (exact) mass is 267 g/mol. The molecule has 0 heterocycles. The Kier molecular flexibility index (Phi) is 5.92. The molecule has 108 valence electrons. The summed E-state index contributed by atoms with van der Waals surface area (Å²) in [5.74, 6) is 0. The molecule has 1 N–H and O–H groups in total. The van der Waals surface area contributed by atoms with Gasteiger partial charge in [0.25, 0.3) is 0 Å². The maximum Gasteiger partial charge on any atom is 0.411 e. The molecule has 5 heteroatoms. The second-order valence-electron chi connectivity index (χ2n) is 5.91. The van der Waals surface area contributed by atoms with Crippen molar-refractivity contribution >= 4 is 0 Å². The summed E-state index contributed by atoms with van der Waals surface area (Å²) in [4.78, 5) is 0. The molecular weight excluding hydrogens is 243 g/mol. The molecule has 0 bridgehead atoms. The van der Waals surface area contributed by atoms with Crippen molar-refractivity contribution in [3.8, 4) is 0 Å². The molecule has 0 saturated heterocycles. The molecule has 0 amide bonds. The lowest BCUT2D eigenvalue weighted by Crippen LogP contribution is -2.32. The van der Waals surface area contributed by atoms with Crippen molar-refractivity contribution in [2.24, 2.45) is 5.41 Å². The molecule has 1 saturated carbocycles. The van der Waals surface area contributed by atoms with E-state index in [1.54, 1.807) is 0 Å². The van der Waals surface area contributed by atoms with E-state index >= 15 is 0 Å². The van der Waals surface area contributed by atoms with Crippen LogP contribution >= 0.6 is 0 Å². The minimum Gasteiger partial charge on any atom is -0.371 e. The molecule has 1 aliphatic rings. The summed E-state index contributed by atoms with van der Waals surface area (Å²) in [5, 5.41) is 3.29. The Bertz CT molecular complexity index is 241. The first-order valence-corrected chi connectivity index (χ1v) is 6.66. The largest absolute Gasteiger partial charge is 0.411 e. The van der Waals surface area contributed by atoms with Crippen LogP contribution in [-0.2, 0) is 4.74 Å². The molecule has 0 spiro atoms. The summed E-state index contributed by atoms with van der Waals surface area (Å²) in [6.07, 6.45) is 1.60. The average molecular weight is 267 g/mol. The summed E-state index contributed by atoms with van der Waals surface area (Å²) in [6, 6.07) is 0.432. The Hall–Kier alpha value is -0.290. The molecule has 0 aliphatic heterocycles. The maximum absolute atomic E-state index is 11.8. The fourth-order valence-electron chi connectivity index (χ4n) is 2.39. The van der Waals surface area contributed by atoms with Crippen LogP contribution < -0.4 is 5.32 Å². The third kappa shape index (κ3) is 7.21. The number of rotatable bonds is 5. The first-order chi connectivity index (χ1) is 8.29. The SMILES string of the molecule is CC1(C)CCCC(NCCOCC(F)(F)F)CC1. The van der Waals surface area contributed by atoms with Crippen LogP contribution in [0.2, 0.25) is 0 Å². The fraction of sp³-hybridized carbons (Fsp3) is 1.00. The predicted octanol–water partition coefficient (Wildman–Crippen LogP) is 3.51. The van der Waals surface area contributed by atoms with E-state index in [0.717, 1.165) is 12.8 Å². The lowest BCUT2D eigenvalue weighted by atomic mass is 9.85. The Morgan fingerprint density at radius 3 is 2.61 bits per heavy atom. The average Bonchev–Trinajstić information content (AvgIpc) is 2.38. The van der Waals surface area contributed by atoms with Gasteiger partial charge in [0.15, 0.2) is 0 Å². The van der Waals surface area contributed by atoms with Crippen LogP contribution in [0.3, 0.4) is 0 Å². The number of hydrogen-bond acceptors (Lipinski definition) is 2. The minimum absolute atomic E-state index is 0.124. The molecule has 1 unspecified atom stereocenters. The van der Waals surface area contributed by atoms with Gasteiger partial charge in [-0.05, 0) is 31.1 Å². The zero-order valence-corrected chi connectivity index (χ0v) is 11.3. The van der Waals surface area contributed by atoms with Crippen molar-refractivity contribution in [1.82, 2.24) is 5.32 Å². The van der Waals surface area contributed by atoms with Gasteiger partial charge in [-0.25, -0.2) is 0 Å². The molecule has 0 aromatic heterocycles. The lowest BCUT2D eigenvalue weighted by Gasteiger charge is -2.22. The standard InChI is InChI=1S/C13H24F3NO/c1-12(2)6-3-4-11(5-7-12)17-8-9-18-10-13(14,15)16/h11,17H,3-10H2,1-2H3. The first kappa shape index (κ1) is 15.8. The van der Waals surface area contributed by atoms with Gasteiger partial charge in [0.05, 0.1) is 6.61 Å². The number of ether oxygens (including phenoxy) is 1. The van der Waals surface area contributed by atoms with Crippen molar-refractivity contribution in [2.75, 3.05) is 19.8 Å². The normalized spacial score (nSPS) is 24.8. The van der Waals surface area contributed by atoms with E-state index in [4.69, 9.17) is 0 Å². The summed E-state index contributed by atoms with van der Waals surface area (Å²) in [7, 11) is 0. The summed E-state index contributed by atoms with van der Waals surface area (Å²) < 4.78 is 40.1. The predicted molar refractivity (Wildman–Crippen MR) is 65.5 cm³/mol. The summed E-state index contributed by atoms with van der Waals surface area (Å²) in [6.45, 7) is 4.04.